The molecule has 0 fully saturated rings. The van der Waals surface area contributed by atoms with Gasteiger partial charge in [0, 0.05) is 21.7 Å². The van der Waals surface area contributed by atoms with E-state index < -0.39 is 0 Å². The van der Waals surface area contributed by atoms with Crippen molar-refractivity contribution in [3.05, 3.63) is 109 Å². The lowest BCUT2D eigenvalue weighted by Gasteiger charge is -2.13. The largest absolute Gasteiger partial charge is 0.268 e. The number of rotatable bonds is 5. The normalized spacial score (nSPS) is 11.2. The van der Waals surface area contributed by atoms with Crippen LogP contribution < -0.4 is 5.56 Å². The van der Waals surface area contributed by atoms with Crippen LogP contribution in [0.5, 0.6) is 0 Å². The predicted octanol–water partition coefficient (Wildman–Crippen LogP) is 8.37. The van der Waals surface area contributed by atoms with Crippen molar-refractivity contribution in [3.8, 4) is 16.8 Å². The van der Waals surface area contributed by atoms with Gasteiger partial charge in [0.1, 0.15) is 4.83 Å². The molecule has 0 spiro atoms. The molecule has 164 valence electrons. The summed E-state index contributed by atoms with van der Waals surface area (Å²) in [4.78, 5) is 19.4. The van der Waals surface area contributed by atoms with Crippen molar-refractivity contribution in [2.24, 2.45) is 0 Å². The van der Waals surface area contributed by atoms with E-state index in [4.69, 9.17) is 39.8 Å². The molecular weight excluding hydrogens is 515 g/mol. The Hall–Kier alpha value is -2.28. The molecule has 8 heteroatoms. The molecule has 0 saturated carbocycles. The third-order valence-electron chi connectivity index (χ3n) is 5.10. The van der Waals surface area contributed by atoms with Crippen LogP contribution in [0.25, 0.3) is 27.0 Å². The summed E-state index contributed by atoms with van der Waals surface area (Å²) in [5.74, 6) is 0.594. The van der Waals surface area contributed by atoms with E-state index in [-0.39, 0.29) is 5.56 Å². The van der Waals surface area contributed by atoms with E-state index >= 15 is 0 Å². The van der Waals surface area contributed by atoms with Crippen molar-refractivity contribution >= 4 is 68.1 Å². The summed E-state index contributed by atoms with van der Waals surface area (Å²) < 4.78 is 1.68. The fourth-order valence-corrected chi connectivity index (χ4v) is 5.88. The van der Waals surface area contributed by atoms with Gasteiger partial charge in [0.25, 0.3) is 5.56 Å². The first-order valence-electron chi connectivity index (χ1n) is 9.93. The van der Waals surface area contributed by atoms with Gasteiger partial charge >= 0.3 is 0 Å². The van der Waals surface area contributed by atoms with Crippen molar-refractivity contribution in [3.63, 3.8) is 0 Å². The summed E-state index contributed by atoms with van der Waals surface area (Å²) in [5, 5.41) is 4.87. The van der Waals surface area contributed by atoms with Crippen LogP contribution in [0.4, 0.5) is 0 Å². The van der Waals surface area contributed by atoms with Gasteiger partial charge in [0.05, 0.1) is 21.1 Å². The summed E-state index contributed by atoms with van der Waals surface area (Å²) in [6, 6.07) is 22.6. The highest BCUT2D eigenvalue weighted by molar-refractivity contribution is 7.98. The number of thioether (sulfide) groups is 1. The molecule has 0 aliphatic heterocycles. The number of hydrogen-bond donors (Lipinski definition) is 0. The van der Waals surface area contributed by atoms with Gasteiger partial charge in [0.2, 0.25) is 0 Å². The van der Waals surface area contributed by atoms with Gasteiger partial charge in [-0.05, 0) is 47.5 Å². The number of hydrogen-bond acceptors (Lipinski definition) is 4. The first-order chi connectivity index (χ1) is 16.0. The zero-order chi connectivity index (χ0) is 22.9. The Labute approximate surface area is 213 Å². The highest BCUT2D eigenvalue weighted by Crippen LogP contribution is 2.34. The second-order valence-corrected chi connectivity index (χ2v) is 10.3. The predicted molar refractivity (Wildman–Crippen MR) is 142 cm³/mol. The second kappa shape index (κ2) is 9.53. The number of fused-ring (bicyclic) bond motifs is 1. The van der Waals surface area contributed by atoms with E-state index in [0.717, 1.165) is 22.4 Å². The van der Waals surface area contributed by atoms with E-state index in [1.165, 1.54) is 23.1 Å². The molecule has 0 atom stereocenters. The van der Waals surface area contributed by atoms with Crippen molar-refractivity contribution < 1.29 is 0 Å². The molecule has 0 aliphatic rings. The summed E-state index contributed by atoms with van der Waals surface area (Å²) >= 11 is 21.2. The van der Waals surface area contributed by atoms with E-state index in [1.54, 1.807) is 10.6 Å². The molecule has 0 N–H and O–H groups in total. The lowest BCUT2D eigenvalue weighted by Crippen LogP contribution is -2.21. The minimum Gasteiger partial charge on any atom is -0.268 e. The van der Waals surface area contributed by atoms with E-state index in [9.17, 15) is 4.79 Å². The van der Waals surface area contributed by atoms with Gasteiger partial charge in [-0.1, -0.05) is 83.0 Å². The zero-order valence-corrected chi connectivity index (χ0v) is 20.9. The Kier molecular flexibility index (Phi) is 6.50. The Morgan fingerprint density at radius 3 is 2.39 bits per heavy atom. The minimum atomic E-state index is -0.103. The lowest BCUT2D eigenvalue weighted by atomic mass is 10.1. The van der Waals surface area contributed by atoms with Crippen LogP contribution in [-0.4, -0.2) is 9.55 Å². The maximum Gasteiger partial charge on any atom is 0.268 e. The Bertz CT molecular complexity index is 1510. The fraction of sp³-hybridized carbons (Fsp3) is 0.0400. The third kappa shape index (κ3) is 4.57. The number of aromatic nitrogens is 2. The fourth-order valence-electron chi connectivity index (χ4n) is 3.49. The summed E-state index contributed by atoms with van der Waals surface area (Å²) in [6.45, 7) is 0. The molecule has 0 aliphatic carbocycles. The van der Waals surface area contributed by atoms with Crippen LogP contribution >= 0.6 is 57.9 Å². The Morgan fingerprint density at radius 1 is 0.909 bits per heavy atom. The maximum absolute atomic E-state index is 13.8. The summed E-state index contributed by atoms with van der Waals surface area (Å²) in [6.07, 6.45) is 0. The van der Waals surface area contributed by atoms with Gasteiger partial charge in [0.15, 0.2) is 5.16 Å². The molecule has 0 saturated heterocycles. The standard InChI is InChI=1S/C25H15Cl3N2OS2/c26-17-9-7-16(8-10-17)19-14-32-23-22(19)24(31)30(18-4-2-1-3-5-18)25(29-23)33-13-15-6-11-20(27)21(28)12-15/h1-12,14H,13H2. The van der Waals surface area contributed by atoms with Crippen LogP contribution in [0, 0.1) is 0 Å². The number of nitrogens with zero attached hydrogens (tertiary/aromatic N) is 2. The molecule has 2 aromatic heterocycles. The maximum atomic E-state index is 13.8. The Morgan fingerprint density at radius 2 is 1.67 bits per heavy atom. The molecular formula is C25H15Cl3N2OS2. The minimum absolute atomic E-state index is 0.103. The average Bonchev–Trinajstić information content (AvgIpc) is 3.25. The van der Waals surface area contributed by atoms with Crippen LogP contribution in [-0.2, 0) is 5.75 Å². The molecule has 5 aromatic rings. The van der Waals surface area contributed by atoms with Gasteiger partial charge < -0.3 is 0 Å². The molecule has 0 radical (unpaired) electrons. The van der Waals surface area contributed by atoms with Gasteiger partial charge in [-0.3, -0.25) is 9.36 Å². The van der Waals surface area contributed by atoms with Crippen LogP contribution in [0.1, 0.15) is 5.56 Å². The molecule has 0 unspecified atom stereocenters. The summed E-state index contributed by atoms with van der Waals surface area (Å²) in [5.41, 5.74) is 3.45. The average molecular weight is 530 g/mol. The van der Waals surface area contributed by atoms with E-state index in [0.29, 0.717) is 36.2 Å². The van der Waals surface area contributed by atoms with E-state index in [1.807, 2.05) is 72.1 Å². The number of para-hydroxylation sites is 1. The lowest BCUT2D eigenvalue weighted by molar-refractivity contribution is 0.822. The van der Waals surface area contributed by atoms with Crippen molar-refractivity contribution in [2.45, 2.75) is 10.9 Å². The van der Waals surface area contributed by atoms with Gasteiger partial charge in [-0.2, -0.15) is 0 Å². The molecule has 3 nitrogen and oxygen atoms in total. The van der Waals surface area contributed by atoms with Crippen molar-refractivity contribution in [1.82, 2.24) is 9.55 Å². The number of thiophene rings is 1. The molecule has 2 heterocycles. The monoisotopic (exact) mass is 528 g/mol. The SMILES string of the molecule is O=c1c2c(-c3ccc(Cl)cc3)csc2nc(SCc2ccc(Cl)c(Cl)c2)n1-c1ccccc1. The van der Waals surface area contributed by atoms with Gasteiger partial charge in [-0.15, -0.1) is 11.3 Å². The number of halogens is 3. The van der Waals surface area contributed by atoms with Crippen LogP contribution in [0.3, 0.4) is 0 Å². The highest BCUT2D eigenvalue weighted by atomic mass is 35.5. The van der Waals surface area contributed by atoms with Crippen molar-refractivity contribution in [2.75, 3.05) is 0 Å². The van der Waals surface area contributed by atoms with Crippen molar-refractivity contribution in [1.29, 1.82) is 0 Å². The number of benzene rings is 3. The molecule has 33 heavy (non-hydrogen) atoms. The molecule has 3 aromatic carbocycles. The summed E-state index contributed by atoms with van der Waals surface area (Å²) in [7, 11) is 0. The van der Waals surface area contributed by atoms with Crippen LogP contribution in [0.2, 0.25) is 15.1 Å². The first-order valence-corrected chi connectivity index (χ1v) is 12.9. The van der Waals surface area contributed by atoms with E-state index in [2.05, 4.69) is 0 Å². The third-order valence-corrected chi connectivity index (χ3v) is 7.97. The second-order valence-electron chi connectivity index (χ2n) is 7.24. The Balaban J connectivity index is 1.64. The quantitative estimate of drug-likeness (QED) is 0.169. The van der Waals surface area contributed by atoms with Gasteiger partial charge in [-0.25, -0.2) is 4.98 Å². The molecule has 0 amide bonds. The molecule has 0 bridgehead atoms. The molecule has 5 rings (SSSR count). The topological polar surface area (TPSA) is 34.9 Å². The van der Waals surface area contributed by atoms with Crippen LogP contribution in [0.15, 0.2) is 88.1 Å². The first kappa shape index (κ1) is 22.5. The highest BCUT2D eigenvalue weighted by Gasteiger charge is 2.18. The smallest absolute Gasteiger partial charge is 0.268 e. The zero-order valence-electron chi connectivity index (χ0n) is 17.0.